The average Bonchev–Trinajstić information content (AvgIpc) is 1.56. The minimum atomic E-state index is -0.0997. The van der Waals surface area contributed by atoms with Gasteiger partial charge >= 0.3 is 0 Å². The van der Waals surface area contributed by atoms with E-state index in [1.165, 1.54) is 254 Å². The SMILES string of the molecule is CCCCCCCCC1(CCCCCCCC)c2cc(-c3ccc(COCC4(CC)COC4)cc3)ccc2-c2ccc(-c3ccc(N(c4ccc(OC)cc4)c4ccc(N(c5ccc(OC)cc5)c5ccc(-c6ccc7c(c6)C(CCCCCCCC)(CCCCCCCC)c6cc(-c8ccc(COCC9(CC)COC9)cc8)ccc6-7)cc5)cc4)cc3)cc21. The molecule has 0 spiro atoms. The molecule has 650 valence electrons. The van der Waals surface area contributed by atoms with Crippen LogP contribution in [-0.2, 0) is 43.0 Å². The van der Waals surface area contributed by atoms with Crippen LogP contribution < -0.4 is 19.3 Å². The zero-order valence-electron chi connectivity index (χ0n) is 76.3. The smallest absolute Gasteiger partial charge is 0.119 e. The van der Waals surface area contributed by atoms with E-state index in [1.54, 1.807) is 14.2 Å². The van der Waals surface area contributed by atoms with E-state index in [0.29, 0.717) is 13.2 Å². The number of unbranched alkanes of at least 4 members (excludes halogenated alkanes) is 20. The molecule has 8 nitrogen and oxygen atoms in total. The summed E-state index contributed by atoms with van der Waals surface area (Å²) in [6, 6.07) is 93.1. The Morgan fingerprint density at radius 1 is 0.258 bits per heavy atom. The van der Waals surface area contributed by atoms with Gasteiger partial charge in [-0.3, -0.25) is 0 Å². The largest absolute Gasteiger partial charge is 0.497 e. The fourth-order valence-electron chi connectivity index (χ4n) is 20.5. The van der Waals surface area contributed by atoms with Gasteiger partial charge in [0.15, 0.2) is 0 Å². The molecule has 0 radical (unpaired) electrons. The molecule has 11 aromatic carbocycles. The molecule has 4 aliphatic rings. The highest BCUT2D eigenvalue weighted by Crippen LogP contribution is 2.59. The lowest BCUT2D eigenvalue weighted by Crippen LogP contribution is -2.45. The van der Waals surface area contributed by atoms with Crippen molar-refractivity contribution in [2.75, 3.05) is 63.7 Å². The van der Waals surface area contributed by atoms with Crippen LogP contribution in [0.1, 0.15) is 268 Å². The number of hydrogen-bond acceptors (Lipinski definition) is 8. The lowest BCUT2D eigenvalue weighted by Gasteiger charge is -2.40. The number of ether oxygens (including phenoxy) is 6. The van der Waals surface area contributed by atoms with Crippen molar-refractivity contribution in [2.24, 2.45) is 10.8 Å². The summed E-state index contributed by atoms with van der Waals surface area (Å²) in [6.45, 7) is 19.8. The highest BCUT2D eigenvalue weighted by molar-refractivity contribution is 5.90. The van der Waals surface area contributed by atoms with Gasteiger partial charge in [-0.15, -0.1) is 0 Å². The average molecular weight is 1660 g/mol. The van der Waals surface area contributed by atoms with Gasteiger partial charge in [-0.1, -0.05) is 317 Å². The fourth-order valence-corrected chi connectivity index (χ4v) is 20.5. The number of hydrogen-bond donors (Lipinski definition) is 0. The molecular formula is C116H140N2O6. The second-order valence-electron chi connectivity index (χ2n) is 37.0. The first-order chi connectivity index (χ1) is 61.0. The summed E-state index contributed by atoms with van der Waals surface area (Å²) in [6.07, 6.45) is 37.5. The molecule has 2 heterocycles. The molecular weight excluding hydrogens is 1520 g/mol. The van der Waals surface area contributed by atoms with Crippen molar-refractivity contribution in [3.63, 3.8) is 0 Å². The molecule has 0 aromatic heterocycles. The van der Waals surface area contributed by atoms with Gasteiger partial charge in [0, 0.05) is 55.8 Å². The Balaban J connectivity index is 0.726. The van der Waals surface area contributed by atoms with Crippen LogP contribution in [0.25, 0.3) is 66.8 Å². The zero-order chi connectivity index (χ0) is 85.6. The van der Waals surface area contributed by atoms with E-state index in [-0.39, 0.29) is 21.7 Å². The van der Waals surface area contributed by atoms with Crippen LogP contribution >= 0.6 is 0 Å². The highest BCUT2D eigenvalue weighted by atomic mass is 16.5. The molecule has 8 heteroatoms. The number of fused-ring (bicyclic) bond motifs is 6. The summed E-state index contributed by atoms with van der Waals surface area (Å²) in [5.41, 5.74) is 30.7. The Labute approximate surface area is 744 Å². The lowest BCUT2D eigenvalue weighted by molar-refractivity contribution is -0.152. The van der Waals surface area contributed by atoms with Crippen LogP contribution in [0.15, 0.2) is 243 Å². The van der Waals surface area contributed by atoms with Crippen LogP contribution in [-0.4, -0.2) is 53.9 Å². The van der Waals surface area contributed by atoms with Gasteiger partial charge in [0.2, 0.25) is 0 Å². The fraction of sp³-hybridized carbons (Fsp3) is 0.431. The number of anilines is 6. The quantitative estimate of drug-likeness (QED) is 0.0350. The van der Waals surface area contributed by atoms with Crippen molar-refractivity contribution in [1.82, 2.24) is 0 Å². The Kier molecular flexibility index (Phi) is 31.0. The molecule has 0 bridgehead atoms. The summed E-state index contributed by atoms with van der Waals surface area (Å²) >= 11 is 0. The molecule has 2 aliphatic carbocycles. The Bertz CT molecular complexity index is 4790. The molecule has 11 aromatic rings. The molecule has 15 rings (SSSR count). The molecule has 124 heavy (non-hydrogen) atoms. The van der Waals surface area contributed by atoms with Gasteiger partial charge in [-0.05, 0) is 260 Å². The lowest BCUT2D eigenvalue weighted by atomic mass is 9.70. The molecule has 2 saturated heterocycles. The van der Waals surface area contributed by atoms with E-state index in [4.69, 9.17) is 28.4 Å². The van der Waals surface area contributed by atoms with E-state index in [9.17, 15) is 0 Å². The van der Waals surface area contributed by atoms with E-state index in [1.807, 2.05) is 0 Å². The van der Waals surface area contributed by atoms with Crippen molar-refractivity contribution in [2.45, 2.75) is 258 Å². The van der Waals surface area contributed by atoms with E-state index < -0.39 is 0 Å². The molecule has 2 fully saturated rings. The molecule has 0 saturated carbocycles. The van der Waals surface area contributed by atoms with Gasteiger partial charge in [-0.25, -0.2) is 0 Å². The maximum atomic E-state index is 6.34. The van der Waals surface area contributed by atoms with E-state index in [0.717, 1.165) is 124 Å². The monoisotopic (exact) mass is 1660 g/mol. The Morgan fingerprint density at radius 2 is 0.484 bits per heavy atom. The van der Waals surface area contributed by atoms with E-state index >= 15 is 0 Å². The molecule has 2 aliphatic heterocycles. The van der Waals surface area contributed by atoms with E-state index in [2.05, 4.69) is 294 Å². The maximum absolute atomic E-state index is 6.34. The van der Waals surface area contributed by atoms with Crippen molar-refractivity contribution < 1.29 is 28.4 Å². The predicted molar refractivity (Wildman–Crippen MR) is 521 cm³/mol. The highest BCUT2D eigenvalue weighted by Gasteiger charge is 2.45. The third-order valence-corrected chi connectivity index (χ3v) is 28.6. The van der Waals surface area contributed by atoms with Gasteiger partial charge in [0.25, 0.3) is 0 Å². The van der Waals surface area contributed by atoms with Crippen LogP contribution in [0.4, 0.5) is 34.1 Å². The van der Waals surface area contributed by atoms with Crippen LogP contribution in [0.3, 0.4) is 0 Å². The van der Waals surface area contributed by atoms with Crippen molar-refractivity contribution in [3.8, 4) is 78.3 Å². The summed E-state index contributed by atoms with van der Waals surface area (Å²) in [5, 5.41) is 0. The molecule has 0 unspecified atom stereocenters. The molecule has 0 amide bonds. The van der Waals surface area contributed by atoms with Crippen LogP contribution in [0.2, 0.25) is 0 Å². The Morgan fingerprint density at radius 3 is 0.718 bits per heavy atom. The van der Waals surface area contributed by atoms with Crippen molar-refractivity contribution >= 4 is 34.1 Å². The molecule has 0 atom stereocenters. The third kappa shape index (κ3) is 20.6. The summed E-state index contributed by atoms with van der Waals surface area (Å²) in [4.78, 5) is 4.76. The van der Waals surface area contributed by atoms with Crippen LogP contribution in [0, 0.1) is 10.8 Å². The minimum absolute atomic E-state index is 0.0997. The van der Waals surface area contributed by atoms with Gasteiger partial charge in [0.1, 0.15) is 11.5 Å². The summed E-state index contributed by atoms with van der Waals surface area (Å²) in [5.74, 6) is 1.64. The minimum Gasteiger partial charge on any atom is -0.497 e. The van der Waals surface area contributed by atoms with Crippen molar-refractivity contribution in [3.05, 3.63) is 276 Å². The van der Waals surface area contributed by atoms with Gasteiger partial charge in [0.05, 0.1) is 67.1 Å². The summed E-state index contributed by atoms with van der Waals surface area (Å²) < 4.78 is 35.5. The zero-order valence-corrected chi connectivity index (χ0v) is 76.3. The first-order valence-corrected chi connectivity index (χ1v) is 48.3. The normalized spacial score (nSPS) is 14.7. The van der Waals surface area contributed by atoms with Crippen molar-refractivity contribution in [1.29, 1.82) is 0 Å². The first kappa shape index (κ1) is 89.3. The number of benzene rings is 11. The van der Waals surface area contributed by atoms with Crippen LogP contribution in [0.5, 0.6) is 11.5 Å². The number of nitrogens with zero attached hydrogens (tertiary/aromatic N) is 2. The number of methoxy groups -OCH3 is 2. The van der Waals surface area contributed by atoms with Gasteiger partial charge in [-0.2, -0.15) is 0 Å². The standard InChI is InChI=1S/C116H140N2O6/c1-9-15-19-23-27-31-71-115(72-32-28-24-20-16-10-2)109-75-93(89-39-35-87(36-40-89)79-121-81-113(13-5)83-123-84-113)47-67-105(109)107-69-49-95(77-111(107)115)91-43-51-97(52-44-91)117(101-59-63-103(119-7)64-60-101)99-55-57-100(58-56-99)118(102-61-65-104(120-8)66-62-102)98-53-45-92(46-54-98)96-50-70-108-106-68-48-94(90-41-37-88(38-42-90)80-122-82-114(14-6)85-124-86-114)76-110(106)116(112(108)78-96,73-33-29-25-21-17-11-3)74-34-30-26-22-18-12-4/h35-70,75-78H,9-34,71-74,79-86H2,1-8H3. The second-order valence-corrected chi connectivity index (χ2v) is 37.0. The topological polar surface area (TPSA) is 61.9 Å². The van der Waals surface area contributed by atoms with Gasteiger partial charge < -0.3 is 38.2 Å². The summed E-state index contributed by atoms with van der Waals surface area (Å²) in [7, 11) is 3.49. The second kappa shape index (κ2) is 43.1. The predicted octanol–water partition coefficient (Wildman–Crippen LogP) is 32.7. The Hall–Kier alpha value is -9.54. The first-order valence-electron chi connectivity index (χ1n) is 48.3. The third-order valence-electron chi connectivity index (χ3n) is 28.6. The molecule has 0 N–H and O–H groups in total. The number of rotatable bonds is 50. The maximum Gasteiger partial charge on any atom is 0.119 e.